The molecule has 4 heterocycles. The van der Waals surface area contributed by atoms with Crippen LogP contribution in [0, 0.1) is 0 Å². The number of thiophene rings is 1. The highest BCUT2D eigenvalue weighted by Gasteiger charge is 2.46. The van der Waals surface area contributed by atoms with E-state index in [9.17, 15) is 0 Å². The third kappa shape index (κ3) is 4.62. The van der Waals surface area contributed by atoms with Crippen LogP contribution < -0.4 is 30.4 Å². The Bertz CT molecular complexity index is 2720. The summed E-state index contributed by atoms with van der Waals surface area (Å²) in [5.74, 6) is 0.340. The molecule has 252 valence electrons. The van der Waals surface area contributed by atoms with Crippen LogP contribution in [0.4, 0.5) is 51.2 Å². The summed E-state index contributed by atoms with van der Waals surface area (Å²) in [7, 11) is 0. The first-order valence-corrected chi connectivity index (χ1v) is 20.0. The Morgan fingerprint density at radius 2 is 1.08 bits per heavy atom. The molecular weight excluding hydrogens is 681 g/mol. The first-order valence-electron chi connectivity index (χ1n) is 18.3. The summed E-state index contributed by atoms with van der Waals surface area (Å²) in [6.07, 6.45) is 0. The number of anilines is 9. The van der Waals surface area contributed by atoms with E-state index in [1.54, 1.807) is 0 Å². The Kier molecular flexibility index (Phi) is 6.95. The highest BCUT2D eigenvalue weighted by molar-refractivity contribution is 7.99. The topological polar surface area (TPSA) is 9.72 Å². The summed E-state index contributed by atoms with van der Waals surface area (Å²) in [4.78, 5) is 10.0. The zero-order valence-corrected chi connectivity index (χ0v) is 31.0. The Morgan fingerprint density at radius 3 is 1.77 bits per heavy atom. The molecule has 3 aliphatic heterocycles. The van der Waals surface area contributed by atoms with Crippen molar-refractivity contribution in [1.82, 2.24) is 0 Å². The fourth-order valence-corrected chi connectivity index (χ4v) is 11.0. The third-order valence-electron chi connectivity index (χ3n) is 11.0. The largest absolute Gasteiger partial charge is 0.310 e. The van der Waals surface area contributed by atoms with E-state index in [0.29, 0.717) is 5.92 Å². The molecule has 11 rings (SSSR count). The zero-order valence-electron chi connectivity index (χ0n) is 29.4. The lowest BCUT2D eigenvalue weighted by Gasteiger charge is -2.44. The second-order valence-corrected chi connectivity index (χ2v) is 16.5. The van der Waals surface area contributed by atoms with Gasteiger partial charge in [0.05, 0.1) is 17.1 Å². The number of hydrogen-bond donors (Lipinski definition) is 0. The predicted octanol–water partition coefficient (Wildman–Crippen LogP) is 12.0. The molecule has 0 N–H and O–H groups in total. The number of fused-ring (bicyclic) bond motifs is 10. The first kappa shape index (κ1) is 30.9. The van der Waals surface area contributed by atoms with Gasteiger partial charge >= 0.3 is 0 Å². The van der Waals surface area contributed by atoms with Gasteiger partial charge in [0.2, 0.25) is 0 Å². The molecule has 0 unspecified atom stereocenters. The minimum atomic E-state index is 0.0779. The van der Waals surface area contributed by atoms with Gasteiger partial charge in [0.1, 0.15) is 0 Å². The zero-order chi connectivity index (χ0) is 35.2. The van der Waals surface area contributed by atoms with Gasteiger partial charge in [-0.1, -0.05) is 111 Å². The van der Waals surface area contributed by atoms with E-state index in [0.717, 1.165) is 11.4 Å². The van der Waals surface area contributed by atoms with Crippen LogP contribution in [0.25, 0.3) is 10.1 Å². The van der Waals surface area contributed by atoms with E-state index < -0.39 is 0 Å². The molecule has 0 fully saturated rings. The van der Waals surface area contributed by atoms with Crippen molar-refractivity contribution in [3.8, 4) is 0 Å². The Labute approximate surface area is 318 Å². The van der Waals surface area contributed by atoms with E-state index in [1.165, 1.54) is 81.0 Å². The van der Waals surface area contributed by atoms with E-state index >= 15 is 0 Å². The molecule has 8 aromatic rings. The summed E-state index contributed by atoms with van der Waals surface area (Å²) in [6, 6.07) is 60.8. The Hall–Kier alpha value is -5.69. The second kappa shape index (κ2) is 11.9. The average molecular weight is 716 g/mol. The first-order chi connectivity index (χ1) is 26.1. The van der Waals surface area contributed by atoms with Crippen molar-refractivity contribution in [3.63, 3.8) is 0 Å². The average Bonchev–Trinajstić information content (AvgIpc) is 3.58. The molecule has 2 bridgehead atoms. The standard InChI is InChI=1S/C47H34BN3S2/c1-30(2)31-27-40-45-41(28-31)51-38-21-11-14-24-44(38)52-43-23-13-10-20-37(43)49(32-15-5-3-6-16-32)34-25-26-36(39(51)29-34)48(45)47-46(35-19-9-12-22-42(35)53-47)50(40)33-17-7-4-8-18-33/h3-30H,1-2H3. The van der Waals surface area contributed by atoms with Crippen LogP contribution in [0.2, 0.25) is 0 Å². The van der Waals surface area contributed by atoms with Gasteiger partial charge in [-0.05, 0) is 101 Å². The molecule has 0 spiro atoms. The summed E-state index contributed by atoms with van der Waals surface area (Å²) in [6.45, 7) is 4.72. The minimum absolute atomic E-state index is 0.0779. The molecule has 0 amide bonds. The molecule has 0 saturated carbocycles. The van der Waals surface area contributed by atoms with Crippen molar-refractivity contribution >= 4 is 107 Å². The number of benzene rings is 7. The molecule has 6 heteroatoms. The molecule has 1 aromatic heterocycles. The maximum Gasteiger partial charge on any atom is 0.264 e. The smallest absolute Gasteiger partial charge is 0.264 e. The highest BCUT2D eigenvalue weighted by atomic mass is 32.2. The van der Waals surface area contributed by atoms with Gasteiger partial charge in [-0.3, -0.25) is 0 Å². The van der Waals surface area contributed by atoms with Gasteiger partial charge in [-0.2, -0.15) is 0 Å². The normalized spacial score (nSPS) is 13.8. The van der Waals surface area contributed by atoms with E-state index in [2.05, 4.69) is 192 Å². The fraction of sp³-hybridized carbons (Fsp3) is 0.0638. The van der Waals surface area contributed by atoms with Crippen LogP contribution in [0.1, 0.15) is 25.3 Å². The number of hydrogen-bond acceptors (Lipinski definition) is 5. The molecule has 0 saturated heterocycles. The molecule has 3 nitrogen and oxygen atoms in total. The quantitative estimate of drug-likeness (QED) is 0.168. The lowest BCUT2D eigenvalue weighted by Crippen LogP contribution is -2.60. The summed E-state index contributed by atoms with van der Waals surface area (Å²) in [5.41, 5.74) is 15.0. The molecular formula is C47H34BN3S2. The maximum atomic E-state index is 2.58. The minimum Gasteiger partial charge on any atom is -0.310 e. The summed E-state index contributed by atoms with van der Waals surface area (Å²) < 4.78 is 2.72. The molecule has 3 aliphatic rings. The van der Waals surface area contributed by atoms with Crippen molar-refractivity contribution < 1.29 is 0 Å². The van der Waals surface area contributed by atoms with Crippen molar-refractivity contribution in [3.05, 3.63) is 169 Å². The SMILES string of the molecule is CC(C)c1cc2c3c(c1)N(c1ccccc1)c1c(sc4ccccc14)B3c1ccc3cc1N2c1ccccc1Sc1ccccc1N3c1ccccc1. The van der Waals surface area contributed by atoms with E-state index in [-0.39, 0.29) is 6.71 Å². The summed E-state index contributed by atoms with van der Waals surface area (Å²) in [5, 5.41) is 1.31. The third-order valence-corrected chi connectivity index (χ3v) is 13.3. The van der Waals surface area contributed by atoms with Crippen molar-refractivity contribution in [2.45, 2.75) is 29.6 Å². The van der Waals surface area contributed by atoms with Crippen LogP contribution in [0.5, 0.6) is 0 Å². The second-order valence-electron chi connectivity index (χ2n) is 14.3. The fourth-order valence-electron chi connectivity index (χ4n) is 8.59. The van der Waals surface area contributed by atoms with Gasteiger partial charge in [-0.15, -0.1) is 11.3 Å². The van der Waals surface area contributed by atoms with Gasteiger partial charge in [0, 0.05) is 58.8 Å². The van der Waals surface area contributed by atoms with Crippen molar-refractivity contribution in [2.24, 2.45) is 0 Å². The van der Waals surface area contributed by atoms with Gasteiger partial charge < -0.3 is 14.7 Å². The number of nitrogens with zero attached hydrogens (tertiary/aromatic N) is 3. The Morgan fingerprint density at radius 1 is 0.491 bits per heavy atom. The lowest BCUT2D eigenvalue weighted by molar-refractivity contribution is 0.866. The van der Waals surface area contributed by atoms with Gasteiger partial charge in [-0.25, -0.2) is 0 Å². The van der Waals surface area contributed by atoms with Crippen LogP contribution in [0.15, 0.2) is 174 Å². The number of rotatable bonds is 3. The van der Waals surface area contributed by atoms with Crippen LogP contribution in [0.3, 0.4) is 0 Å². The monoisotopic (exact) mass is 715 g/mol. The number of para-hydroxylation sites is 4. The van der Waals surface area contributed by atoms with Crippen molar-refractivity contribution in [1.29, 1.82) is 0 Å². The van der Waals surface area contributed by atoms with E-state index in [4.69, 9.17) is 0 Å². The molecule has 0 atom stereocenters. The van der Waals surface area contributed by atoms with Gasteiger partial charge in [0.15, 0.2) is 0 Å². The van der Waals surface area contributed by atoms with Gasteiger partial charge in [0.25, 0.3) is 6.71 Å². The molecule has 53 heavy (non-hydrogen) atoms. The predicted molar refractivity (Wildman–Crippen MR) is 229 cm³/mol. The molecule has 0 aliphatic carbocycles. The lowest BCUT2D eigenvalue weighted by atomic mass is 9.36. The molecule has 7 aromatic carbocycles. The maximum absolute atomic E-state index is 2.58. The van der Waals surface area contributed by atoms with E-state index in [1.807, 2.05) is 23.1 Å². The van der Waals surface area contributed by atoms with Crippen LogP contribution in [-0.4, -0.2) is 6.71 Å². The van der Waals surface area contributed by atoms with Crippen LogP contribution >= 0.6 is 23.1 Å². The molecule has 0 radical (unpaired) electrons. The highest BCUT2D eigenvalue weighted by Crippen LogP contribution is 2.53. The van der Waals surface area contributed by atoms with Crippen LogP contribution in [-0.2, 0) is 0 Å². The summed E-state index contributed by atoms with van der Waals surface area (Å²) >= 11 is 3.80. The van der Waals surface area contributed by atoms with Crippen molar-refractivity contribution in [2.75, 3.05) is 14.7 Å². The Balaban J connectivity index is 1.28.